The molecule has 0 aliphatic carbocycles. The van der Waals surface area contributed by atoms with Crippen molar-refractivity contribution in [2.24, 2.45) is 0 Å². The molecule has 1 N–H and O–H groups in total. The molecule has 1 aliphatic heterocycles. The average molecular weight is 399 g/mol. The van der Waals surface area contributed by atoms with E-state index in [1.807, 2.05) is 47.8 Å². The first-order valence-corrected chi connectivity index (χ1v) is 10.4. The van der Waals surface area contributed by atoms with Gasteiger partial charge in [0.15, 0.2) is 0 Å². The highest BCUT2D eigenvalue weighted by molar-refractivity contribution is 5.95. The van der Waals surface area contributed by atoms with Crippen molar-refractivity contribution in [3.05, 3.63) is 35.8 Å². The van der Waals surface area contributed by atoms with Gasteiger partial charge in [0, 0.05) is 38.9 Å². The number of carbonyl (C=O) groups excluding carboxylic acids is 1. The third-order valence-electron chi connectivity index (χ3n) is 5.47. The summed E-state index contributed by atoms with van der Waals surface area (Å²) in [6.45, 7) is 9.82. The molecule has 2 aromatic rings. The number of hydrogen-bond donors (Lipinski definition) is 1. The van der Waals surface area contributed by atoms with Crippen molar-refractivity contribution in [3.63, 3.8) is 0 Å². The number of amides is 1. The van der Waals surface area contributed by atoms with E-state index in [2.05, 4.69) is 42.2 Å². The molecule has 1 aliphatic rings. The van der Waals surface area contributed by atoms with E-state index >= 15 is 0 Å². The summed E-state index contributed by atoms with van der Waals surface area (Å²) in [4.78, 5) is 21.6. The van der Waals surface area contributed by atoms with E-state index in [1.54, 1.807) is 6.20 Å². The van der Waals surface area contributed by atoms with Gasteiger partial charge in [0.25, 0.3) is 5.91 Å². The lowest BCUT2D eigenvalue weighted by Crippen LogP contribution is -2.33. The van der Waals surface area contributed by atoms with Gasteiger partial charge < -0.3 is 15.1 Å². The van der Waals surface area contributed by atoms with Crippen LogP contribution in [0.2, 0.25) is 0 Å². The molecule has 3 rings (SSSR count). The number of rotatable bonds is 4. The molecule has 0 spiro atoms. The minimum Gasteiger partial charge on any atom is -0.381 e. The summed E-state index contributed by atoms with van der Waals surface area (Å²) in [5.41, 5.74) is 2.55. The molecule has 158 valence electrons. The van der Waals surface area contributed by atoms with Crippen molar-refractivity contribution in [2.45, 2.75) is 58.5 Å². The van der Waals surface area contributed by atoms with Gasteiger partial charge in [0.2, 0.25) is 0 Å². The Morgan fingerprint density at radius 3 is 2.52 bits per heavy atom. The maximum atomic E-state index is 13.1. The van der Waals surface area contributed by atoms with E-state index in [-0.39, 0.29) is 11.4 Å². The largest absolute Gasteiger partial charge is 0.381 e. The molecule has 1 fully saturated rings. The highest BCUT2D eigenvalue weighted by Gasteiger charge is 2.26. The van der Waals surface area contributed by atoms with Crippen LogP contribution >= 0.6 is 0 Å². The van der Waals surface area contributed by atoms with E-state index in [9.17, 15) is 4.79 Å². The van der Waals surface area contributed by atoms with Crippen LogP contribution in [0.4, 0.5) is 11.5 Å². The fourth-order valence-electron chi connectivity index (χ4n) is 3.88. The first-order chi connectivity index (χ1) is 13.7. The minimum atomic E-state index is -0.132. The molecule has 2 aromatic heterocycles. The van der Waals surface area contributed by atoms with Gasteiger partial charge in [-0.3, -0.25) is 9.48 Å². The van der Waals surface area contributed by atoms with Crippen molar-refractivity contribution in [2.75, 3.05) is 37.4 Å². The Morgan fingerprint density at radius 2 is 1.93 bits per heavy atom. The molecule has 0 unspecified atom stereocenters. The molecular weight excluding hydrogens is 364 g/mol. The molecule has 1 amide bonds. The zero-order valence-corrected chi connectivity index (χ0v) is 18.6. The Morgan fingerprint density at radius 1 is 1.17 bits per heavy atom. The second-order valence-electron chi connectivity index (χ2n) is 9.09. The zero-order valence-electron chi connectivity index (χ0n) is 18.6. The monoisotopic (exact) mass is 398 g/mol. The number of hydrogen-bond acceptors (Lipinski definition) is 5. The topological polar surface area (TPSA) is 66.3 Å². The molecule has 3 heterocycles. The van der Waals surface area contributed by atoms with Crippen LogP contribution in [0.25, 0.3) is 0 Å². The Bertz CT molecular complexity index is 834. The van der Waals surface area contributed by atoms with Gasteiger partial charge in [0.1, 0.15) is 5.82 Å². The Hall–Kier alpha value is -2.57. The second-order valence-corrected chi connectivity index (χ2v) is 9.09. The van der Waals surface area contributed by atoms with Crippen LogP contribution < -0.4 is 10.2 Å². The van der Waals surface area contributed by atoms with Gasteiger partial charge in [-0.2, -0.15) is 5.10 Å². The Kier molecular flexibility index (Phi) is 6.15. The van der Waals surface area contributed by atoms with Crippen LogP contribution in [0.3, 0.4) is 0 Å². The highest BCUT2D eigenvalue weighted by Crippen LogP contribution is 2.22. The molecule has 1 saturated heterocycles. The molecule has 7 nitrogen and oxygen atoms in total. The molecule has 7 heteroatoms. The second kappa shape index (κ2) is 8.43. The number of anilines is 2. The van der Waals surface area contributed by atoms with E-state index in [4.69, 9.17) is 0 Å². The number of likely N-dealkylation sites (tertiary alicyclic amines) is 1. The number of nitrogens with zero attached hydrogens (tertiary/aromatic N) is 5. The zero-order chi connectivity index (χ0) is 21.2. The number of nitrogens with one attached hydrogen (secondary N) is 1. The van der Waals surface area contributed by atoms with E-state index in [1.165, 1.54) is 0 Å². The Labute approximate surface area is 174 Å². The van der Waals surface area contributed by atoms with Crippen LogP contribution in [0, 0.1) is 6.92 Å². The van der Waals surface area contributed by atoms with Crippen molar-refractivity contribution in [1.82, 2.24) is 19.7 Å². The predicted molar refractivity (Wildman–Crippen MR) is 118 cm³/mol. The van der Waals surface area contributed by atoms with Gasteiger partial charge in [0.05, 0.1) is 29.2 Å². The maximum absolute atomic E-state index is 13.1. The van der Waals surface area contributed by atoms with Crippen molar-refractivity contribution in [3.8, 4) is 0 Å². The summed E-state index contributed by atoms with van der Waals surface area (Å²) in [5.74, 6) is 1.04. The fraction of sp³-hybridized carbons (Fsp3) is 0.591. The first-order valence-electron chi connectivity index (χ1n) is 10.4. The summed E-state index contributed by atoms with van der Waals surface area (Å²) in [7, 11) is 3.97. The molecular formula is C22H34N6O. The van der Waals surface area contributed by atoms with Crippen LogP contribution in [0.1, 0.15) is 56.1 Å². The van der Waals surface area contributed by atoms with Gasteiger partial charge in [-0.25, -0.2) is 4.98 Å². The van der Waals surface area contributed by atoms with Gasteiger partial charge in [-0.05, 0) is 59.1 Å². The lowest BCUT2D eigenvalue weighted by molar-refractivity contribution is 0.0760. The molecule has 29 heavy (non-hydrogen) atoms. The maximum Gasteiger partial charge on any atom is 0.257 e. The van der Waals surface area contributed by atoms with E-state index < -0.39 is 0 Å². The Balaban J connectivity index is 1.62. The SMILES string of the molecule is Cc1c(C(=O)N2CCC[C@@H](Nc3ccc(N(C)C)nc3)CC2)cnn1C(C)(C)C. The normalized spacial score (nSPS) is 17.7. The van der Waals surface area contributed by atoms with Gasteiger partial charge in [-0.1, -0.05) is 0 Å². The summed E-state index contributed by atoms with van der Waals surface area (Å²) < 4.78 is 1.94. The summed E-state index contributed by atoms with van der Waals surface area (Å²) >= 11 is 0. The summed E-state index contributed by atoms with van der Waals surface area (Å²) in [5, 5.41) is 8.05. The molecule has 1 atom stereocenters. The van der Waals surface area contributed by atoms with Gasteiger partial charge >= 0.3 is 0 Å². The van der Waals surface area contributed by atoms with Crippen LogP contribution in [-0.2, 0) is 5.54 Å². The van der Waals surface area contributed by atoms with Crippen molar-refractivity contribution >= 4 is 17.4 Å². The van der Waals surface area contributed by atoms with Crippen LogP contribution in [0.5, 0.6) is 0 Å². The summed E-state index contributed by atoms with van der Waals surface area (Å²) in [6, 6.07) is 4.43. The van der Waals surface area contributed by atoms with E-state index in [0.717, 1.165) is 55.1 Å². The van der Waals surface area contributed by atoms with Crippen LogP contribution in [0.15, 0.2) is 24.5 Å². The van der Waals surface area contributed by atoms with Crippen LogP contribution in [-0.4, -0.2) is 58.8 Å². The summed E-state index contributed by atoms with van der Waals surface area (Å²) in [6.07, 6.45) is 6.56. The minimum absolute atomic E-state index is 0.0932. The first kappa shape index (κ1) is 21.1. The average Bonchev–Trinajstić information content (AvgIpc) is 2.90. The quantitative estimate of drug-likeness (QED) is 0.854. The fourth-order valence-corrected chi connectivity index (χ4v) is 3.88. The highest BCUT2D eigenvalue weighted by atomic mass is 16.2. The number of carbonyl (C=O) groups is 1. The third-order valence-corrected chi connectivity index (χ3v) is 5.47. The van der Waals surface area contributed by atoms with Crippen molar-refractivity contribution in [1.29, 1.82) is 0 Å². The molecule has 0 bridgehead atoms. The smallest absolute Gasteiger partial charge is 0.257 e. The standard InChI is InChI=1S/C22H34N6O/c1-16-19(15-24-28(16)22(2,3)4)21(29)27-12-7-8-17(11-13-27)25-18-9-10-20(23-14-18)26(5)6/h9-10,14-15,17,25H,7-8,11-13H2,1-6H3/t17-/m1/s1. The lowest BCUT2D eigenvalue weighted by atomic mass is 10.1. The van der Waals surface area contributed by atoms with E-state index in [0.29, 0.717) is 6.04 Å². The van der Waals surface area contributed by atoms with Gasteiger partial charge in [-0.15, -0.1) is 0 Å². The third kappa shape index (κ3) is 4.89. The molecule has 0 aromatic carbocycles. The molecule has 0 radical (unpaired) electrons. The molecule has 0 saturated carbocycles. The predicted octanol–water partition coefficient (Wildman–Crippen LogP) is 3.51. The number of pyridine rings is 1. The number of aromatic nitrogens is 3. The van der Waals surface area contributed by atoms with Crippen molar-refractivity contribution < 1.29 is 4.79 Å². The lowest BCUT2D eigenvalue weighted by Gasteiger charge is -2.23.